The number of esters is 1. The van der Waals surface area contributed by atoms with E-state index in [9.17, 15) is 19.2 Å². The van der Waals surface area contributed by atoms with Gasteiger partial charge in [-0.25, -0.2) is 4.79 Å². The number of anilines is 1. The fourth-order valence-electron chi connectivity index (χ4n) is 2.89. The largest absolute Gasteiger partial charge is 0.465 e. The van der Waals surface area contributed by atoms with Gasteiger partial charge in [0.25, 0.3) is 0 Å². The van der Waals surface area contributed by atoms with Gasteiger partial charge in [0.05, 0.1) is 41.4 Å². The molecule has 2 amide bonds. The van der Waals surface area contributed by atoms with Gasteiger partial charge in [0.15, 0.2) is 5.78 Å². The number of likely N-dealkylation sites (N-methyl/N-ethyl adjacent to an activating group) is 1. The molecule has 2 rings (SSSR count). The Morgan fingerprint density at radius 3 is 2.40 bits per heavy atom. The van der Waals surface area contributed by atoms with Crippen molar-refractivity contribution in [2.24, 2.45) is 0 Å². The number of carbonyl (C=O) groups excluding carboxylic acids is 4. The van der Waals surface area contributed by atoms with E-state index in [1.54, 1.807) is 19.1 Å². The molecule has 160 valence electrons. The lowest BCUT2D eigenvalue weighted by Crippen LogP contribution is -2.36. The van der Waals surface area contributed by atoms with Crippen molar-refractivity contribution in [2.45, 2.75) is 20.3 Å². The molecule has 0 atom stereocenters. The fraction of sp³-hybridized carbons (Fsp3) is 0.300. The molecule has 0 aliphatic heterocycles. The van der Waals surface area contributed by atoms with Crippen molar-refractivity contribution in [2.75, 3.05) is 26.0 Å². The van der Waals surface area contributed by atoms with Gasteiger partial charge in [0.1, 0.15) is 0 Å². The first-order chi connectivity index (χ1) is 14.0. The number of nitrogens with zero attached hydrogens (tertiary/aromatic N) is 1. The number of ketones is 1. The number of H-pyrrole nitrogens is 1. The van der Waals surface area contributed by atoms with Crippen molar-refractivity contribution in [1.29, 1.82) is 0 Å². The van der Waals surface area contributed by atoms with E-state index in [2.05, 4.69) is 10.3 Å². The molecule has 0 fully saturated rings. The number of aromatic nitrogens is 1. The second kappa shape index (κ2) is 9.77. The Hall–Kier alpha value is -2.84. The van der Waals surface area contributed by atoms with Crippen molar-refractivity contribution >= 4 is 52.5 Å². The molecule has 30 heavy (non-hydrogen) atoms. The fourth-order valence-corrected chi connectivity index (χ4v) is 3.18. The normalized spacial score (nSPS) is 10.5. The molecule has 1 aromatic heterocycles. The molecule has 0 spiro atoms. The summed E-state index contributed by atoms with van der Waals surface area (Å²) >= 11 is 11.8. The van der Waals surface area contributed by atoms with E-state index < -0.39 is 17.8 Å². The number of aromatic amines is 1. The number of nitrogens with one attached hydrogen (secondary N) is 2. The van der Waals surface area contributed by atoms with Crippen molar-refractivity contribution < 1.29 is 23.9 Å². The zero-order valence-electron chi connectivity index (χ0n) is 16.9. The van der Waals surface area contributed by atoms with Gasteiger partial charge >= 0.3 is 5.97 Å². The van der Waals surface area contributed by atoms with Crippen molar-refractivity contribution in [3.05, 3.63) is 50.8 Å². The minimum absolute atomic E-state index is 0.143. The molecule has 1 aromatic carbocycles. The summed E-state index contributed by atoms with van der Waals surface area (Å²) < 4.78 is 4.76. The van der Waals surface area contributed by atoms with Crippen LogP contribution in [-0.2, 0) is 20.7 Å². The van der Waals surface area contributed by atoms with Crippen LogP contribution in [0.1, 0.15) is 39.0 Å². The predicted molar refractivity (Wildman–Crippen MR) is 113 cm³/mol. The van der Waals surface area contributed by atoms with Gasteiger partial charge in [-0.15, -0.1) is 0 Å². The second-order valence-electron chi connectivity index (χ2n) is 6.63. The van der Waals surface area contributed by atoms with Gasteiger partial charge in [0, 0.05) is 25.4 Å². The van der Waals surface area contributed by atoms with Gasteiger partial charge in [-0.1, -0.05) is 23.2 Å². The van der Waals surface area contributed by atoms with Gasteiger partial charge in [0.2, 0.25) is 11.8 Å². The molecule has 0 aliphatic rings. The SMILES string of the molecule is COC(=O)c1c(CC(=O)N(C)CC(=O)Nc2ccc(Cl)c(Cl)c2)[nH]c(C(C)=O)c1C. The number of hydrogen-bond acceptors (Lipinski definition) is 5. The second-order valence-corrected chi connectivity index (χ2v) is 7.44. The molecule has 8 nitrogen and oxygen atoms in total. The Morgan fingerprint density at radius 2 is 1.83 bits per heavy atom. The molecule has 2 N–H and O–H groups in total. The molecule has 0 saturated carbocycles. The van der Waals surface area contributed by atoms with Crippen molar-refractivity contribution in [1.82, 2.24) is 9.88 Å². The van der Waals surface area contributed by atoms with Gasteiger partial charge < -0.3 is 19.9 Å². The monoisotopic (exact) mass is 453 g/mol. The van der Waals surface area contributed by atoms with E-state index in [-0.39, 0.29) is 40.7 Å². The maximum absolute atomic E-state index is 12.6. The van der Waals surface area contributed by atoms with Crippen LogP contribution in [0, 0.1) is 6.92 Å². The summed E-state index contributed by atoms with van der Waals surface area (Å²) in [5, 5.41) is 3.27. The van der Waals surface area contributed by atoms with Crippen molar-refractivity contribution in [3.63, 3.8) is 0 Å². The summed E-state index contributed by atoms with van der Waals surface area (Å²) in [5.74, 6) is -1.80. The lowest BCUT2D eigenvalue weighted by Gasteiger charge is -2.17. The third-order valence-electron chi connectivity index (χ3n) is 4.41. The number of amides is 2. The third-order valence-corrected chi connectivity index (χ3v) is 5.15. The molecule has 0 aliphatic carbocycles. The zero-order chi connectivity index (χ0) is 22.6. The highest BCUT2D eigenvalue weighted by atomic mass is 35.5. The molecular weight excluding hydrogens is 433 g/mol. The van der Waals surface area contributed by atoms with E-state index in [4.69, 9.17) is 27.9 Å². The Bertz CT molecular complexity index is 1020. The topological polar surface area (TPSA) is 109 Å². The van der Waals surface area contributed by atoms with Crippen LogP contribution in [0.15, 0.2) is 18.2 Å². The lowest BCUT2D eigenvalue weighted by atomic mass is 10.1. The first kappa shape index (κ1) is 23.4. The average molecular weight is 454 g/mol. The van der Waals surface area contributed by atoms with Gasteiger partial charge in [-0.05, 0) is 30.7 Å². The van der Waals surface area contributed by atoms with Crippen LogP contribution in [0.2, 0.25) is 10.0 Å². The standard InChI is InChI=1S/C20H21Cl2N3O5/c1-10-18(20(29)30-4)15(24-19(10)11(2)26)8-17(28)25(3)9-16(27)23-12-5-6-13(21)14(22)7-12/h5-7,24H,8-9H2,1-4H3,(H,23,27). The molecule has 0 unspecified atom stereocenters. The Labute approximate surface area is 183 Å². The van der Waals surface area contributed by atoms with E-state index in [0.29, 0.717) is 16.3 Å². The first-order valence-electron chi connectivity index (χ1n) is 8.84. The smallest absolute Gasteiger partial charge is 0.339 e. The highest BCUT2D eigenvalue weighted by molar-refractivity contribution is 6.42. The molecule has 2 aromatic rings. The van der Waals surface area contributed by atoms with E-state index >= 15 is 0 Å². The highest BCUT2D eigenvalue weighted by Gasteiger charge is 2.25. The Morgan fingerprint density at radius 1 is 1.17 bits per heavy atom. The van der Waals surface area contributed by atoms with Crippen LogP contribution in [0.25, 0.3) is 0 Å². The van der Waals surface area contributed by atoms with Crippen LogP contribution in [0.5, 0.6) is 0 Å². The maximum Gasteiger partial charge on any atom is 0.339 e. The van der Waals surface area contributed by atoms with E-state index in [1.165, 1.54) is 32.0 Å². The molecular formula is C20H21Cl2N3O5. The van der Waals surface area contributed by atoms with E-state index in [0.717, 1.165) is 0 Å². The number of methoxy groups -OCH3 is 1. The predicted octanol–water partition coefficient (Wildman–Crippen LogP) is 3.26. The summed E-state index contributed by atoms with van der Waals surface area (Å²) in [5.41, 5.74) is 1.49. The minimum Gasteiger partial charge on any atom is -0.465 e. The summed E-state index contributed by atoms with van der Waals surface area (Å²) in [4.78, 5) is 52.8. The summed E-state index contributed by atoms with van der Waals surface area (Å²) in [6, 6.07) is 4.63. The molecule has 0 bridgehead atoms. The summed E-state index contributed by atoms with van der Waals surface area (Å²) in [7, 11) is 2.67. The highest BCUT2D eigenvalue weighted by Crippen LogP contribution is 2.25. The number of ether oxygens (including phenoxy) is 1. The summed E-state index contributed by atoms with van der Waals surface area (Å²) in [6.07, 6.45) is -0.213. The number of benzene rings is 1. The van der Waals surface area contributed by atoms with Crippen molar-refractivity contribution in [3.8, 4) is 0 Å². The van der Waals surface area contributed by atoms with Crippen LogP contribution in [0.3, 0.4) is 0 Å². The number of rotatable bonds is 7. The van der Waals surface area contributed by atoms with E-state index in [1.807, 2.05) is 0 Å². The number of hydrogen-bond donors (Lipinski definition) is 2. The lowest BCUT2D eigenvalue weighted by molar-refractivity contribution is -0.132. The maximum atomic E-state index is 12.6. The van der Waals surface area contributed by atoms with Gasteiger partial charge in [-0.3, -0.25) is 14.4 Å². The number of halogens is 2. The third kappa shape index (κ3) is 5.40. The zero-order valence-corrected chi connectivity index (χ0v) is 18.4. The minimum atomic E-state index is -0.654. The number of carbonyl (C=O) groups is 4. The number of Topliss-reactive ketones (excluding diaryl/α,β-unsaturated/α-hetero) is 1. The molecule has 10 heteroatoms. The van der Waals surface area contributed by atoms with Crippen LogP contribution < -0.4 is 5.32 Å². The quantitative estimate of drug-likeness (QED) is 0.493. The average Bonchev–Trinajstić information content (AvgIpc) is 3.00. The molecule has 0 radical (unpaired) electrons. The first-order valence-corrected chi connectivity index (χ1v) is 9.60. The van der Waals surface area contributed by atoms with Gasteiger partial charge in [-0.2, -0.15) is 0 Å². The van der Waals surface area contributed by atoms with Crippen LogP contribution in [-0.4, -0.2) is 54.2 Å². The molecule has 0 saturated heterocycles. The van der Waals surface area contributed by atoms with Crippen LogP contribution >= 0.6 is 23.2 Å². The Kier molecular flexibility index (Phi) is 7.64. The summed E-state index contributed by atoms with van der Waals surface area (Å²) in [6.45, 7) is 2.72. The van der Waals surface area contributed by atoms with Crippen LogP contribution in [0.4, 0.5) is 5.69 Å². The Balaban J connectivity index is 2.10. The molecule has 1 heterocycles.